The van der Waals surface area contributed by atoms with Gasteiger partial charge < -0.3 is 9.84 Å². The summed E-state index contributed by atoms with van der Waals surface area (Å²) in [5.74, 6) is 0.945. The number of β-amino-alcohol motifs (C(OH)–C–C–N with tert-alkyl or cyclic N) is 1. The van der Waals surface area contributed by atoms with Crippen molar-refractivity contribution in [3.8, 4) is 5.75 Å². The molecule has 0 amide bonds. The maximum atomic E-state index is 12.3. The van der Waals surface area contributed by atoms with Crippen molar-refractivity contribution in [1.82, 2.24) is 9.80 Å². The van der Waals surface area contributed by atoms with Crippen LogP contribution in [0.5, 0.6) is 5.75 Å². The molecule has 0 radical (unpaired) electrons. The van der Waals surface area contributed by atoms with E-state index in [9.17, 15) is 4.79 Å². The SMILES string of the molecule is CCOc1ccc(C(=O)CN2CCN(CCO)CC2)cc1. The van der Waals surface area contributed by atoms with E-state index < -0.39 is 0 Å². The fourth-order valence-corrected chi connectivity index (χ4v) is 2.51. The van der Waals surface area contributed by atoms with Gasteiger partial charge in [-0.05, 0) is 31.2 Å². The Morgan fingerprint density at radius 2 is 1.76 bits per heavy atom. The fraction of sp³-hybridized carbons (Fsp3) is 0.562. The van der Waals surface area contributed by atoms with Crippen LogP contribution in [0, 0.1) is 0 Å². The van der Waals surface area contributed by atoms with E-state index >= 15 is 0 Å². The van der Waals surface area contributed by atoms with Crippen LogP contribution < -0.4 is 4.74 Å². The predicted molar refractivity (Wildman–Crippen MR) is 81.9 cm³/mol. The van der Waals surface area contributed by atoms with E-state index in [2.05, 4.69) is 9.80 Å². The zero-order chi connectivity index (χ0) is 15.1. The van der Waals surface area contributed by atoms with Crippen molar-refractivity contribution in [2.75, 3.05) is 52.5 Å². The molecule has 1 fully saturated rings. The highest BCUT2D eigenvalue weighted by molar-refractivity contribution is 5.97. The van der Waals surface area contributed by atoms with Gasteiger partial charge in [-0.25, -0.2) is 0 Å². The van der Waals surface area contributed by atoms with Crippen LogP contribution in [-0.2, 0) is 0 Å². The summed E-state index contributed by atoms with van der Waals surface area (Å²) in [6, 6.07) is 7.34. The van der Waals surface area contributed by atoms with Crippen LogP contribution in [0.15, 0.2) is 24.3 Å². The van der Waals surface area contributed by atoms with E-state index in [4.69, 9.17) is 9.84 Å². The van der Waals surface area contributed by atoms with Gasteiger partial charge in [0.25, 0.3) is 0 Å². The van der Waals surface area contributed by atoms with Gasteiger partial charge in [0.05, 0.1) is 19.8 Å². The summed E-state index contributed by atoms with van der Waals surface area (Å²) < 4.78 is 5.38. The van der Waals surface area contributed by atoms with Gasteiger partial charge in [0.2, 0.25) is 0 Å². The lowest BCUT2D eigenvalue weighted by atomic mass is 10.1. The lowest BCUT2D eigenvalue weighted by Gasteiger charge is -2.33. The van der Waals surface area contributed by atoms with Crippen LogP contribution in [0.1, 0.15) is 17.3 Å². The molecule has 1 heterocycles. The molecular formula is C16H24N2O3. The molecule has 1 aromatic rings. The van der Waals surface area contributed by atoms with Crippen molar-refractivity contribution < 1.29 is 14.6 Å². The summed E-state index contributed by atoms with van der Waals surface area (Å²) >= 11 is 0. The van der Waals surface area contributed by atoms with Crippen LogP contribution in [0.25, 0.3) is 0 Å². The molecule has 1 N–H and O–H groups in total. The third-order valence-corrected chi connectivity index (χ3v) is 3.74. The number of hydrogen-bond acceptors (Lipinski definition) is 5. The van der Waals surface area contributed by atoms with Crippen molar-refractivity contribution >= 4 is 5.78 Å². The quantitative estimate of drug-likeness (QED) is 0.756. The Kier molecular flexibility index (Phi) is 6.17. The molecule has 0 atom stereocenters. The van der Waals surface area contributed by atoms with Crippen LogP contribution in [-0.4, -0.2) is 73.2 Å². The average Bonchev–Trinajstić information content (AvgIpc) is 2.50. The number of benzene rings is 1. The number of piperazine rings is 1. The zero-order valence-electron chi connectivity index (χ0n) is 12.6. The molecule has 1 saturated heterocycles. The van der Waals surface area contributed by atoms with E-state index in [1.165, 1.54) is 0 Å². The highest BCUT2D eigenvalue weighted by Gasteiger charge is 2.19. The zero-order valence-corrected chi connectivity index (χ0v) is 12.6. The smallest absolute Gasteiger partial charge is 0.176 e. The van der Waals surface area contributed by atoms with E-state index in [1.807, 2.05) is 31.2 Å². The van der Waals surface area contributed by atoms with E-state index in [-0.39, 0.29) is 12.4 Å². The molecule has 0 aromatic heterocycles. The van der Waals surface area contributed by atoms with Crippen molar-refractivity contribution in [2.24, 2.45) is 0 Å². The summed E-state index contributed by atoms with van der Waals surface area (Å²) in [6.45, 7) is 7.54. The first-order valence-electron chi connectivity index (χ1n) is 7.54. The molecule has 0 aliphatic carbocycles. The molecule has 2 rings (SSSR count). The Bertz CT molecular complexity index is 439. The standard InChI is InChI=1S/C16H24N2O3/c1-2-21-15-5-3-14(4-6-15)16(20)13-18-9-7-17(8-10-18)11-12-19/h3-6,19H,2,7-13H2,1H3. The highest BCUT2D eigenvalue weighted by atomic mass is 16.5. The molecule has 5 heteroatoms. The van der Waals surface area contributed by atoms with Crippen molar-refractivity contribution in [1.29, 1.82) is 0 Å². The van der Waals surface area contributed by atoms with Gasteiger partial charge in [-0.2, -0.15) is 0 Å². The number of Topliss-reactive ketones (excluding diaryl/α,β-unsaturated/α-hetero) is 1. The molecule has 0 bridgehead atoms. The third kappa shape index (κ3) is 4.81. The molecular weight excluding hydrogens is 268 g/mol. The normalized spacial score (nSPS) is 16.9. The number of ether oxygens (including phenoxy) is 1. The maximum absolute atomic E-state index is 12.3. The number of carbonyl (C=O) groups excluding carboxylic acids is 1. The van der Waals surface area contributed by atoms with Gasteiger partial charge in [-0.1, -0.05) is 0 Å². The van der Waals surface area contributed by atoms with Gasteiger partial charge in [0.1, 0.15) is 5.75 Å². The summed E-state index contributed by atoms with van der Waals surface area (Å²) in [5.41, 5.74) is 0.733. The van der Waals surface area contributed by atoms with E-state index in [1.54, 1.807) is 0 Å². The molecule has 5 nitrogen and oxygen atoms in total. The second kappa shape index (κ2) is 8.12. The minimum Gasteiger partial charge on any atom is -0.494 e. The minimum absolute atomic E-state index is 0.147. The molecule has 0 saturated carbocycles. The van der Waals surface area contributed by atoms with Crippen LogP contribution in [0.2, 0.25) is 0 Å². The first-order chi connectivity index (χ1) is 10.2. The monoisotopic (exact) mass is 292 g/mol. The van der Waals surface area contributed by atoms with Crippen molar-refractivity contribution in [3.05, 3.63) is 29.8 Å². The first kappa shape index (κ1) is 15.9. The number of aliphatic hydroxyl groups is 1. The van der Waals surface area contributed by atoms with Gasteiger partial charge in [-0.3, -0.25) is 14.6 Å². The van der Waals surface area contributed by atoms with Gasteiger partial charge in [-0.15, -0.1) is 0 Å². The Labute approximate surface area is 126 Å². The highest BCUT2D eigenvalue weighted by Crippen LogP contribution is 2.13. The molecule has 1 aromatic carbocycles. The number of rotatable bonds is 7. The van der Waals surface area contributed by atoms with Crippen LogP contribution in [0.4, 0.5) is 0 Å². The molecule has 21 heavy (non-hydrogen) atoms. The molecule has 116 valence electrons. The van der Waals surface area contributed by atoms with E-state index in [0.29, 0.717) is 13.2 Å². The topological polar surface area (TPSA) is 53.0 Å². The number of nitrogens with zero attached hydrogens (tertiary/aromatic N) is 2. The van der Waals surface area contributed by atoms with Crippen LogP contribution >= 0.6 is 0 Å². The fourth-order valence-electron chi connectivity index (χ4n) is 2.51. The minimum atomic E-state index is 0.147. The molecule has 1 aliphatic rings. The van der Waals surface area contributed by atoms with Crippen LogP contribution in [0.3, 0.4) is 0 Å². The predicted octanol–water partition coefficient (Wildman–Crippen LogP) is 0.878. The van der Waals surface area contributed by atoms with Gasteiger partial charge in [0, 0.05) is 38.3 Å². The summed E-state index contributed by atoms with van der Waals surface area (Å²) in [7, 11) is 0. The lowest BCUT2D eigenvalue weighted by Crippen LogP contribution is -2.48. The van der Waals surface area contributed by atoms with Gasteiger partial charge >= 0.3 is 0 Å². The third-order valence-electron chi connectivity index (χ3n) is 3.74. The van der Waals surface area contributed by atoms with Gasteiger partial charge in [0.15, 0.2) is 5.78 Å². The number of hydrogen-bond donors (Lipinski definition) is 1. The van der Waals surface area contributed by atoms with Crippen molar-refractivity contribution in [2.45, 2.75) is 6.92 Å². The number of carbonyl (C=O) groups is 1. The second-order valence-electron chi connectivity index (χ2n) is 5.22. The average molecular weight is 292 g/mol. The molecule has 1 aliphatic heterocycles. The Morgan fingerprint density at radius 1 is 1.14 bits per heavy atom. The summed E-state index contributed by atoms with van der Waals surface area (Å²) in [5, 5.41) is 8.92. The Morgan fingerprint density at radius 3 is 2.33 bits per heavy atom. The second-order valence-corrected chi connectivity index (χ2v) is 5.22. The molecule has 0 spiro atoms. The Balaban J connectivity index is 1.81. The lowest BCUT2D eigenvalue weighted by molar-refractivity contribution is 0.0822. The number of aliphatic hydroxyl groups excluding tert-OH is 1. The van der Waals surface area contributed by atoms with E-state index in [0.717, 1.165) is 44.0 Å². The summed E-state index contributed by atoms with van der Waals surface area (Å²) in [6.07, 6.45) is 0. The number of ketones is 1. The largest absolute Gasteiger partial charge is 0.494 e. The van der Waals surface area contributed by atoms with Crippen molar-refractivity contribution in [3.63, 3.8) is 0 Å². The summed E-state index contributed by atoms with van der Waals surface area (Å²) in [4.78, 5) is 16.6. The Hall–Kier alpha value is -1.43. The first-order valence-corrected chi connectivity index (χ1v) is 7.54. The maximum Gasteiger partial charge on any atom is 0.176 e. The molecule has 0 unspecified atom stereocenters.